The van der Waals surface area contributed by atoms with E-state index in [-0.39, 0.29) is 11.5 Å². The summed E-state index contributed by atoms with van der Waals surface area (Å²) in [6.07, 6.45) is 0.292. The van der Waals surface area contributed by atoms with Crippen molar-refractivity contribution < 1.29 is 14.3 Å². The Bertz CT molecular complexity index is 157. The van der Waals surface area contributed by atoms with Crippen molar-refractivity contribution in [2.24, 2.45) is 5.41 Å². The van der Waals surface area contributed by atoms with Crippen LogP contribution in [0.4, 0.5) is 4.79 Å². The highest BCUT2D eigenvalue weighted by Crippen LogP contribution is 2.24. The van der Waals surface area contributed by atoms with Gasteiger partial charge in [0.1, 0.15) is 12.7 Å². The summed E-state index contributed by atoms with van der Waals surface area (Å²) in [6, 6.07) is 0. The lowest BCUT2D eigenvalue weighted by Crippen LogP contribution is -2.19. The maximum Gasteiger partial charge on any atom is 0.508 e. The summed E-state index contributed by atoms with van der Waals surface area (Å²) >= 11 is 0. The third-order valence-corrected chi connectivity index (χ3v) is 1.49. The fourth-order valence-corrected chi connectivity index (χ4v) is 1.15. The first-order valence-electron chi connectivity index (χ1n) is 3.81. The zero-order chi connectivity index (χ0) is 8.48. The Balaban J connectivity index is 2.34. The normalized spacial score (nSPS) is 24.6. The number of ether oxygens (including phenoxy) is 2. The number of hydrogen-bond donors (Lipinski definition) is 0. The molecule has 0 aliphatic carbocycles. The van der Waals surface area contributed by atoms with Crippen LogP contribution in [0.25, 0.3) is 0 Å². The van der Waals surface area contributed by atoms with Gasteiger partial charge in [-0.05, 0) is 11.8 Å². The predicted molar refractivity (Wildman–Crippen MR) is 40.3 cm³/mol. The zero-order valence-electron chi connectivity index (χ0n) is 7.22. The van der Waals surface area contributed by atoms with E-state index >= 15 is 0 Å². The molecule has 1 aliphatic heterocycles. The van der Waals surface area contributed by atoms with E-state index in [1.54, 1.807) is 0 Å². The molecular weight excluding hydrogens is 144 g/mol. The van der Waals surface area contributed by atoms with Crippen LogP contribution in [0.2, 0.25) is 0 Å². The van der Waals surface area contributed by atoms with E-state index in [0.29, 0.717) is 6.61 Å². The molecule has 1 rings (SSSR count). The molecule has 1 fully saturated rings. The maximum atomic E-state index is 10.5. The molecule has 64 valence electrons. The first kappa shape index (κ1) is 8.37. The number of carbonyl (C=O) groups excluding carboxylic acids is 1. The van der Waals surface area contributed by atoms with Gasteiger partial charge in [0.05, 0.1) is 0 Å². The van der Waals surface area contributed by atoms with E-state index in [9.17, 15) is 4.79 Å². The van der Waals surface area contributed by atoms with Gasteiger partial charge in [-0.3, -0.25) is 0 Å². The molecule has 1 saturated heterocycles. The van der Waals surface area contributed by atoms with Crippen LogP contribution in [0.15, 0.2) is 0 Å². The average Bonchev–Trinajstić information content (AvgIpc) is 2.10. The van der Waals surface area contributed by atoms with Gasteiger partial charge in [-0.1, -0.05) is 20.8 Å². The van der Waals surface area contributed by atoms with E-state index in [1.807, 2.05) is 0 Å². The van der Waals surface area contributed by atoms with Gasteiger partial charge in [0, 0.05) is 0 Å². The number of rotatable bonds is 1. The van der Waals surface area contributed by atoms with Crippen LogP contribution in [-0.4, -0.2) is 18.9 Å². The Hall–Kier alpha value is -0.730. The molecule has 1 unspecified atom stereocenters. The Labute approximate surface area is 66.7 Å². The minimum atomic E-state index is -0.528. The third-order valence-electron chi connectivity index (χ3n) is 1.49. The topological polar surface area (TPSA) is 35.5 Å². The Morgan fingerprint density at radius 3 is 2.55 bits per heavy atom. The molecule has 0 bridgehead atoms. The highest BCUT2D eigenvalue weighted by atomic mass is 16.8. The van der Waals surface area contributed by atoms with Gasteiger partial charge in [-0.15, -0.1) is 0 Å². The molecule has 0 aromatic rings. The van der Waals surface area contributed by atoms with Crippen molar-refractivity contribution in [2.75, 3.05) is 6.61 Å². The molecule has 0 aromatic heterocycles. The molecule has 1 aliphatic rings. The predicted octanol–water partition coefficient (Wildman–Crippen LogP) is 1.96. The Morgan fingerprint density at radius 2 is 2.18 bits per heavy atom. The number of hydrogen-bond acceptors (Lipinski definition) is 3. The minimum Gasteiger partial charge on any atom is -0.430 e. The summed E-state index contributed by atoms with van der Waals surface area (Å²) in [5.41, 5.74) is 0.193. The summed E-state index contributed by atoms with van der Waals surface area (Å²) in [6.45, 7) is 6.74. The Morgan fingerprint density at radius 1 is 1.55 bits per heavy atom. The summed E-state index contributed by atoms with van der Waals surface area (Å²) in [5.74, 6) is 0. The van der Waals surface area contributed by atoms with Crippen molar-refractivity contribution in [3.05, 3.63) is 0 Å². The Kier molecular flexibility index (Phi) is 2.07. The lowest BCUT2D eigenvalue weighted by atomic mass is 9.89. The van der Waals surface area contributed by atoms with E-state index in [2.05, 4.69) is 25.5 Å². The smallest absolute Gasteiger partial charge is 0.430 e. The highest BCUT2D eigenvalue weighted by molar-refractivity contribution is 5.61. The highest BCUT2D eigenvalue weighted by Gasteiger charge is 2.28. The largest absolute Gasteiger partial charge is 0.508 e. The minimum absolute atomic E-state index is 0.0394. The molecule has 11 heavy (non-hydrogen) atoms. The standard InChI is InChI=1S/C8H14O3/c1-8(2,3)4-6-5-10-7(9)11-6/h6H,4-5H2,1-3H3. The molecule has 3 heteroatoms. The fraction of sp³-hybridized carbons (Fsp3) is 0.875. The van der Waals surface area contributed by atoms with Crippen molar-refractivity contribution in [1.29, 1.82) is 0 Å². The van der Waals surface area contributed by atoms with E-state index in [1.165, 1.54) is 0 Å². The molecule has 3 nitrogen and oxygen atoms in total. The van der Waals surface area contributed by atoms with Crippen LogP contribution in [0.5, 0.6) is 0 Å². The summed E-state index contributed by atoms with van der Waals surface area (Å²) in [5, 5.41) is 0. The van der Waals surface area contributed by atoms with Crippen molar-refractivity contribution in [3.63, 3.8) is 0 Å². The van der Waals surface area contributed by atoms with Gasteiger partial charge in [0.15, 0.2) is 0 Å². The van der Waals surface area contributed by atoms with E-state index < -0.39 is 6.16 Å². The summed E-state index contributed by atoms with van der Waals surface area (Å²) in [4.78, 5) is 10.5. The van der Waals surface area contributed by atoms with Crippen LogP contribution in [0, 0.1) is 5.41 Å². The van der Waals surface area contributed by atoms with Gasteiger partial charge in [0.2, 0.25) is 0 Å². The van der Waals surface area contributed by atoms with Gasteiger partial charge in [-0.2, -0.15) is 0 Å². The SMILES string of the molecule is CC(C)(C)CC1COC(=O)O1. The van der Waals surface area contributed by atoms with Crippen molar-refractivity contribution in [3.8, 4) is 0 Å². The molecule has 0 N–H and O–H groups in total. The second kappa shape index (κ2) is 2.72. The van der Waals surface area contributed by atoms with Crippen LogP contribution in [-0.2, 0) is 9.47 Å². The van der Waals surface area contributed by atoms with Crippen LogP contribution >= 0.6 is 0 Å². The quantitative estimate of drug-likeness (QED) is 0.547. The van der Waals surface area contributed by atoms with Gasteiger partial charge < -0.3 is 9.47 Å². The first-order chi connectivity index (χ1) is 4.97. The molecule has 0 aromatic carbocycles. The number of cyclic esters (lactones) is 2. The summed E-state index contributed by atoms with van der Waals surface area (Å²) in [7, 11) is 0. The van der Waals surface area contributed by atoms with Gasteiger partial charge >= 0.3 is 6.16 Å². The van der Waals surface area contributed by atoms with Gasteiger partial charge in [0.25, 0.3) is 0 Å². The molecule has 1 heterocycles. The third kappa shape index (κ3) is 2.78. The second-order valence-electron chi connectivity index (χ2n) is 4.07. The summed E-state index contributed by atoms with van der Waals surface area (Å²) < 4.78 is 9.53. The van der Waals surface area contributed by atoms with E-state index in [4.69, 9.17) is 4.74 Å². The molecule has 0 saturated carbocycles. The fourth-order valence-electron chi connectivity index (χ4n) is 1.15. The van der Waals surface area contributed by atoms with Crippen molar-refractivity contribution in [1.82, 2.24) is 0 Å². The molecule has 0 radical (unpaired) electrons. The van der Waals surface area contributed by atoms with Crippen molar-refractivity contribution >= 4 is 6.16 Å². The average molecular weight is 158 g/mol. The van der Waals surface area contributed by atoms with E-state index in [0.717, 1.165) is 6.42 Å². The van der Waals surface area contributed by atoms with Crippen molar-refractivity contribution in [2.45, 2.75) is 33.3 Å². The lowest BCUT2D eigenvalue weighted by molar-refractivity contribution is 0.104. The molecule has 0 spiro atoms. The number of carbonyl (C=O) groups is 1. The van der Waals surface area contributed by atoms with Gasteiger partial charge in [-0.25, -0.2) is 4.79 Å². The molecular formula is C8H14O3. The lowest BCUT2D eigenvalue weighted by Gasteiger charge is -2.19. The molecule has 1 atom stereocenters. The zero-order valence-corrected chi connectivity index (χ0v) is 7.22. The molecule has 0 amide bonds. The van der Waals surface area contributed by atoms with Crippen LogP contribution in [0.1, 0.15) is 27.2 Å². The monoisotopic (exact) mass is 158 g/mol. The second-order valence-corrected chi connectivity index (χ2v) is 4.07. The van der Waals surface area contributed by atoms with Crippen LogP contribution < -0.4 is 0 Å². The first-order valence-corrected chi connectivity index (χ1v) is 3.81. The van der Waals surface area contributed by atoms with Crippen LogP contribution in [0.3, 0.4) is 0 Å². The maximum absolute atomic E-state index is 10.5.